The van der Waals surface area contributed by atoms with Gasteiger partial charge in [-0.2, -0.15) is 0 Å². The number of nitrogens with two attached hydrogens (primary N) is 1. The number of halogens is 4. The normalized spacial score (nSPS) is 10.6. The van der Waals surface area contributed by atoms with Crippen LogP contribution in [-0.2, 0) is 6.54 Å². The zero-order valence-electron chi connectivity index (χ0n) is 9.59. The van der Waals surface area contributed by atoms with Gasteiger partial charge < -0.3 is 10.5 Å². The second-order valence-electron chi connectivity index (χ2n) is 3.77. The Bertz CT molecular complexity index is 599. The van der Waals surface area contributed by atoms with Crippen molar-refractivity contribution in [2.45, 2.75) is 6.54 Å². The van der Waals surface area contributed by atoms with Crippen molar-refractivity contribution < 1.29 is 13.5 Å². The predicted octanol–water partition coefficient (Wildman–Crippen LogP) is 4.63. The number of benzene rings is 2. The number of ether oxygens (including phenoxy) is 1. The first-order chi connectivity index (χ1) is 9.01. The van der Waals surface area contributed by atoms with Gasteiger partial charge >= 0.3 is 0 Å². The van der Waals surface area contributed by atoms with Crippen LogP contribution in [0, 0.1) is 11.6 Å². The lowest BCUT2D eigenvalue weighted by atomic mass is 10.2. The molecule has 0 unspecified atom stereocenters. The third kappa shape index (κ3) is 3.23. The molecule has 2 aromatic carbocycles. The maximum absolute atomic E-state index is 13.7. The second kappa shape index (κ2) is 5.86. The van der Waals surface area contributed by atoms with Gasteiger partial charge in [0.1, 0.15) is 5.75 Å². The summed E-state index contributed by atoms with van der Waals surface area (Å²) in [5.74, 6) is -1.81. The van der Waals surface area contributed by atoms with E-state index in [1.165, 1.54) is 6.07 Å². The molecule has 0 atom stereocenters. The summed E-state index contributed by atoms with van der Waals surface area (Å²) < 4.78 is 33.2. The van der Waals surface area contributed by atoms with Crippen molar-refractivity contribution in [3.05, 3.63) is 57.0 Å². The Hall–Kier alpha value is -1.17. The molecule has 6 heteroatoms. The maximum atomic E-state index is 13.7. The highest BCUT2D eigenvalue weighted by Gasteiger charge is 2.14. The summed E-state index contributed by atoms with van der Waals surface area (Å²) in [6, 6.07) is 6.93. The van der Waals surface area contributed by atoms with Gasteiger partial charge in [-0.1, -0.05) is 11.6 Å². The molecule has 0 bridgehead atoms. The summed E-state index contributed by atoms with van der Waals surface area (Å²) in [5, 5.41) is 0.485. The van der Waals surface area contributed by atoms with Crippen molar-refractivity contribution >= 4 is 27.5 Å². The average molecular weight is 349 g/mol. The highest BCUT2D eigenvalue weighted by molar-refractivity contribution is 9.10. The van der Waals surface area contributed by atoms with Gasteiger partial charge in [-0.15, -0.1) is 0 Å². The van der Waals surface area contributed by atoms with Crippen LogP contribution in [0.1, 0.15) is 5.56 Å². The second-order valence-corrected chi connectivity index (χ2v) is 5.06. The Kier molecular flexibility index (Phi) is 4.39. The Morgan fingerprint density at radius 3 is 2.32 bits per heavy atom. The largest absolute Gasteiger partial charge is 0.450 e. The van der Waals surface area contributed by atoms with Crippen LogP contribution in [0.4, 0.5) is 8.78 Å². The molecule has 19 heavy (non-hydrogen) atoms. The third-order valence-electron chi connectivity index (χ3n) is 2.40. The van der Waals surface area contributed by atoms with Gasteiger partial charge in [-0.3, -0.25) is 0 Å². The van der Waals surface area contributed by atoms with E-state index < -0.39 is 17.4 Å². The molecule has 2 rings (SSSR count). The fourth-order valence-electron chi connectivity index (χ4n) is 1.50. The Morgan fingerprint density at radius 1 is 1.16 bits per heavy atom. The zero-order chi connectivity index (χ0) is 14.0. The predicted molar refractivity (Wildman–Crippen MR) is 73.5 cm³/mol. The van der Waals surface area contributed by atoms with E-state index in [0.29, 0.717) is 15.1 Å². The van der Waals surface area contributed by atoms with E-state index in [1.54, 1.807) is 12.1 Å². The molecule has 0 saturated carbocycles. The summed E-state index contributed by atoms with van der Waals surface area (Å²) in [5.41, 5.74) is 5.69. The Balaban J connectivity index is 2.38. The van der Waals surface area contributed by atoms with E-state index in [0.717, 1.165) is 12.1 Å². The quantitative estimate of drug-likeness (QED) is 0.877. The standard InChI is InChI=1S/C13H9BrClF2NO/c14-9-5-8(15)1-2-12(9)19-13-10(16)3-7(6-18)4-11(13)17/h1-5H,6,18H2. The molecule has 0 amide bonds. The first-order valence-corrected chi connectivity index (χ1v) is 6.49. The van der Waals surface area contributed by atoms with E-state index in [9.17, 15) is 8.78 Å². The SMILES string of the molecule is NCc1cc(F)c(Oc2ccc(Cl)cc2Br)c(F)c1. The molecule has 0 spiro atoms. The van der Waals surface area contributed by atoms with Crippen LogP contribution in [0.3, 0.4) is 0 Å². The molecular weight excluding hydrogens is 340 g/mol. The van der Waals surface area contributed by atoms with Gasteiger partial charge in [-0.25, -0.2) is 8.78 Å². The summed E-state index contributed by atoms with van der Waals surface area (Å²) in [4.78, 5) is 0. The van der Waals surface area contributed by atoms with Crippen LogP contribution < -0.4 is 10.5 Å². The topological polar surface area (TPSA) is 35.2 Å². The van der Waals surface area contributed by atoms with Gasteiger partial charge in [0.05, 0.1) is 4.47 Å². The van der Waals surface area contributed by atoms with Gasteiger partial charge in [-0.05, 0) is 51.8 Å². The molecule has 0 saturated heterocycles. The minimum Gasteiger partial charge on any atom is -0.450 e. The van der Waals surface area contributed by atoms with E-state index in [4.69, 9.17) is 22.1 Å². The molecule has 0 heterocycles. The maximum Gasteiger partial charge on any atom is 0.198 e. The van der Waals surface area contributed by atoms with E-state index >= 15 is 0 Å². The minimum absolute atomic E-state index is 0.0543. The smallest absolute Gasteiger partial charge is 0.198 e. The first kappa shape index (κ1) is 14.2. The van der Waals surface area contributed by atoms with Crippen molar-refractivity contribution in [2.24, 2.45) is 5.73 Å². The highest BCUT2D eigenvalue weighted by atomic mass is 79.9. The third-order valence-corrected chi connectivity index (χ3v) is 3.25. The molecular formula is C13H9BrClF2NO. The van der Waals surface area contributed by atoms with Gasteiger partial charge in [0.15, 0.2) is 17.4 Å². The molecule has 100 valence electrons. The van der Waals surface area contributed by atoms with E-state index in [1.807, 2.05) is 0 Å². The lowest BCUT2D eigenvalue weighted by Crippen LogP contribution is -2.00. The van der Waals surface area contributed by atoms with E-state index in [-0.39, 0.29) is 12.3 Å². The van der Waals surface area contributed by atoms with Crippen LogP contribution in [0.2, 0.25) is 5.02 Å². The van der Waals surface area contributed by atoms with Crippen LogP contribution in [0.15, 0.2) is 34.8 Å². The molecule has 0 aliphatic rings. The fraction of sp³-hybridized carbons (Fsp3) is 0.0769. The fourth-order valence-corrected chi connectivity index (χ4v) is 2.26. The highest BCUT2D eigenvalue weighted by Crippen LogP contribution is 2.34. The Labute approximate surface area is 122 Å². The molecule has 0 fully saturated rings. The summed E-state index contributed by atoms with van der Waals surface area (Å²) in [6.07, 6.45) is 0. The Morgan fingerprint density at radius 2 is 1.79 bits per heavy atom. The van der Waals surface area contributed by atoms with Crippen LogP contribution >= 0.6 is 27.5 Å². The summed E-state index contributed by atoms with van der Waals surface area (Å²) in [6.45, 7) is 0.0543. The summed E-state index contributed by atoms with van der Waals surface area (Å²) in [7, 11) is 0. The van der Waals surface area contributed by atoms with Gasteiger partial charge in [0.25, 0.3) is 0 Å². The van der Waals surface area contributed by atoms with Crippen LogP contribution in [-0.4, -0.2) is 0 Å². The van der Waals surface area contributed by atoms with Crippen molar-refractivity contribution in [1.29, 1.82) is 0 Å². The van der Waals surface area contributed by atoms with Crippen molar-refractivity contribution in [3.8, 4) is 11.5 Å². The number of rotatable bonds is 3. The molecule has 0 aliphatic carbocycles. The molecule has 2 aromatic rings. The molecule has 0 aromatic heterocycles. The molecule has 0 aliphatic heterocycles. The zero-order valence-corrected chi connectivity index (χ0v) is 11.9. The lowest BCUT2D eigenvalue weighted by molar-refractivity contribution is 0.405. The monoisotopic (exact) mass is 347 g/mol. The first-order valence-electron chi connectivity index (χ1n) is 5.32. The molecule has 2 N–H and O–H groups in total. The molecule has 2 nitrogen and oxygen atoms in total. The van der Waals surface area contributed by atoms with Gasteiger partial charge in [0, 0.05) is 11.6 Å². The van der Waals surface area contributed by atoms with Crippen molar-refractivity contribution in [3.63, 3.8) is 0 Å². The number of hydrogen-bond acceptors (Lipinski definition) is 2. The van der Waals surface area contributed by atoms with Gasteiger partial charge in [0.2, 0.25) is 0 Å². The summed E-state index contributed by atoms with van der Waals surface area (Å²) >= 11 is 8.98. The van der Waals surface area contributed by atoms with Crippen molar-refractivity contribution in [2.75, 3.05) is 0 Å². The minimum atomic E-state index is -0.803. The van der Waals surface area contributed by atoms with E-state index in [2.05, 4.69) is 15.9 Å². The molecule has 0 radical (unpaired) electrons. The lowest BCUT2D eigenvalue weighted by Gasteiger charge is -2.10. The van der Waals surface area contributed by atoms with Crippen molar-refractivity contribution in [1.82, 2.24) is 0 Å². The van der Waals surface area contributed by atoms with Crippen LogP contribution in [0.25, 0.3) is 0 Å². The number of hydrogen-bond donors (Lipinski definition) is 1. The average Bonchev–Trinajstić information content (AvgIpc) is 2.35. The van der Waals surface area contributed by atoms with Crippen LogP contribution in [0.5, 0.6) is 11.5 Å².